The van der Waals surface area contributed by atoms with Crippen molar-refractivity contribution < 1.29 is 9.53 Å². The number of benzene rings is 2. The monoisotopic (exact) mass is 461 g/mol. The van der Waals surface area contributed by atoms with Crippen molar-refractivity contribution in [2.24, 2.45) is 0 Å². The van der Waals surface area contributed by atoms with E-state index in [0.29, 0.717) is 23.6 Å². The van der Waals surface area contributed by atoms with E-state index in [2.05, 4.69) is 25.3 Å². The van der Waals surface area contributed by atoms with Gasteiger partial charge in [0.1, 0.15) is 17.8 Å². The Bertz CT molecular complexity index is 1520. The van der Waals surface area contributed by atoms with E-state index in [1.54, 1.807) is 37.2 Å². The summed E-state index contributed by atoms with van der Waals surface area (Å²) in [5.41, 5.74) is 5.97. The Balaban J connectivity index is 1.41. The highest BCUT2D eigenvalue weighted by Crippen LogP contribution is 2.34. The number of aromatic nitrogens is 4. The van der Waals surface area contributed by atoms with Crippen molar-refractivity contribution in [3.05, 3.63) is 108 Å². The van der Waals surface area contributed by atoms with Crippen LogP contribution in [0.5, 0.6) is 11.5 Å². The van der Waals surface area contributed by atoms with Crippen LogP contribution >= 0.6 is 0 Å². The third-order valence-electron chi connectivity index (χ3n) is 5.88. The maximum absolute atomic E-state index is 12.9. The molecule has 0 spiro atoms. The number of nitrogens with zero attached hydrogens (tertiary/aromatic N) is 4. The zero-order valence-corrected chi connectivity index (χ0v) is 19.4. The van der Waals surface area contributed by atoms with Crippen LogP contribution < -0.4 is 10.1 Å². The molecule has 0 saturated heterocycles. The first-order valence-corrected chi connectivity index (χ1v) is 11.2. The molecule has 0 saturated carbocycles. The Morgan fingerprint density at radius 3 is 2.60 bits per heavy atom. The molecule has 0 aliphatic rings. The first-order chi connectivity index (χ1) is 17.1. The Kier molecular flexibility index (Phi) is 6.13. The minimum Gasteiger partial charge on any atom is -0.456 e. The van der Waals surface area contributed by atoms with Crippen LogP contribution in [-0.2, 0) is 6.54 Å². The minimum atomic E-state index is -0.158. The first kappa shape index (κ1) is 22.2. The highest BCUT2D eigenvalue weighted by molar-refractivity contribution is 5.96. The zero-order chi connectivity index (χ0) is 24.2. The van der Waals surface area contributed by atoms with Crippen LogP contribution in [0.3, 0.4) is 0 Å². The lowest BCUT2D eigenvalue weighted by molar-refractivity contribution is 0.0950. The summed E-state index contributed by atoms with van der Waals surface area (Å²) in [5.74, 6) is 1.12. The van der Waals surface area contributed by atoms with E-state index in [0.717, 1.165) is 38.9 Å². The van der Waals surface area contributed by atoms with Crippen LogP contribution in [0, 0.1) is 13.8 Å². The summed E-state index contributed by atoms with van der Waals surface area (Å²) in [5, 5.41) is 3.83. The quantitative estimate of drug-likeness (QED) is 0.363. The molecule has 0 aliphatic carbocycles. The van der Waals surface area contributed by atoms with Gasteiger partial charge in [-0.15, -0.1) is 0 Å². The molecular formula is C28H23N5O2. The maximum atomic E-state index is 12.9. The second-order valence-corrected chi connectivity index (χ2v) is 8.13. The van der Waals surface area contributed by atoms with Gasteiger partial charge in [-0.1, -0.05) is 12.1 Å². The molecular weight excluding hydrogens is 438 g/mol. The van der Waals surface area contributed by atoms with Crippen LogP contribution in [0.15, 0.2) is 85.7 Å². The number of carbonyl (C=O) groups excluding carboxylic acids is 1. The lowest BCUT2D eigenvalue weighted by Crippen LogP contribution is -2.23. The molecule has 172 valence electrons. The zero-order valence-electron chi connectivity index (χ0n) is 19.4. The lowest BCUT2D eigenvalue weighted by Gasteiger charge is -2.14. The summed E-state index contributed by atoms with van der Waals surface area (Å²) in [4.78, 5) is 29.8. The van der Waals surface area contributed by atoms with Gasteiger partial charge in [0.15, 0.2) is 0 Å². The van der Waals surface area contributed by atoms with E-state index in [1.807, 2.05) is 62.4 Å². The molecule has 0 radical (unpaired) electrons. The predicted molar refractivity (Wildman–Crippen MR) is 134 cm³/mol. The number of pyridine rings is 2. The molecule has 2 aromatic carbocycles. The molecule has 1 amide bonds. The summed E-state index contributed by atoms with van der Waals surface area (Å²) in [6.07, 6.45) is 8.48. The Morgan fingerprint density at radius 2 is 1.77 bits per heavy atom. The second kappa shape index (κ2) is 9.69. The van der Waals surface area contributed by atoms with Crippen molar-refractivity contribution in [2.75, 3.05) is 0 Å². The molecule has 35 heavy (non-hydrogen) atoms. The predicted octanol–water partition coefficient (Wildman–Crippen LogP) is 5.43. The normalized spacial score (nSPS) is 10.8. The largest absolute Gasteiger partial charge is 0.456 e. The molecule has 0 aliphatic heterocycles. The average molecular weight is 462 g/mol. The van der Waals surface area contributed by atoms with Crippen molar-refractivity contribution in [3.63, 3.8) is 0 Å². The van der Waals surface area contributed by atoms with Gasteiger partial charge in [-0.3, -0.25) is 14.8 Å². The van der Waals surface area contributed by atoms with Gasteiger partial charge in [0.05, 0.1) is 5.52 Å². The number of hydrogen-bond acceptors (Lipinski definition) is 6. The Labute approximate surface area is 202 Å². The fourth-order valence-electron chi connectivity index (χ4n) is 3.92. The number of amides is 1. The second-order valence-electron chi connectivity index (χ2n) is 8.13. The van der Waals surface area contributed by atoms with Gasteiger partial charge in [0.25, 0.3) is 5.91 Å². The van der Waals surface area contributed by atoms with Crippen LogP contribution in [0.1, 0.15) is 27.2 Å². The van der Waals surface area contributed by atoms with E-state index >= 15 is 0 Å². The SMILES string of the molecule is Cc1ncncc1-c1ccc2c(Oc3cccc(C(=O)NCc4ccncc4)c3C)ccnc2c1. The fourth-order valence-corrected chi connectivity index (χ4v) is 3.92. The van der Waals surface area contributed by atoms with Gasteiger partial charge in [-0.05, 0) is 67.4 Å². The van der Waals surface area contributed by atoms with Crippen LogP contribution in [0.4, 0.5) is 0 Å². The molecule has 7 nitrogen and oxygen atoms in total. The molecule has 0 fully saturated rings. The molecule has 3 heterocycles. The summed E-state index contributed by atoms with van der Waals surface area (Å²) in [7, 11) is 0. The third kappa shape index (κ3) is 4.70. The van der Waals surface area contributed by atoms with Gasteiger partial charge in [-0.25, -0.2) is 9.97 Å². The molecule has 0 bridgehead atoms. The summed E-state index contributed by atoms with van der Waals surface area (Å²) in [6, 6.07) is 17.1. The van der Waals surface area contributed by atoms with Crippen molar-refractivity contribution in [3.8, 4) is 22.6 Å². The Hall–Kier alpha value is -4.65. The minimum absolute atomic E-state index is 0.158. The molecule has 0 atom stereocenters. The first-order valence-electron chi connectivity index (χ1n) is 11.2. The standard InChI is InChI=1S/C28H23N5O2/c1-18-22(28(34)32-15-20-8-11-29-12-9-20)4-3-5-26(18)35-27-10-13-31-25-14-21(6-7-23(25)27)24-16-30-17-33-19(24)2/h3-14,16-17H,15H2,1-2H3,(H,32,34). The number of ether oxygens (including phenoxy) is 1. The van der Waals surface area contributed by atoms with E-state index in [9.17, 15) is 4.79 Å². The highest BCUT2D eigenvalue weighted by Gasteiger charge is 2.14. The van der Waals surface area contributed by atoms with Crippen molar-refractivity contribution in [1.82, 2.24) is 25.3 Å². The summed E-state index contributed by atoms with van der Waals surface area (Å²) < 4.78 is 6.29. The topological polar surface area (TPSA) is 89.9 Å². The van der Waals surface area contributed by atoms with E-state index < -0.39 is 0 Å². The summed E-state index contributed by atoms with van der Waals surface area (Å²) in [6.45, 7) is 4.27. The van der Waals surface area contributed by atoms with Crippen LogP contribution in [0.25, 0.3) is 22.0 Å². The molecule has 5 aromatic rings. The third-order valence-corrected chi connectivity index (χ3v) is 5.88. The number of rotatable bonds is 6. The fraction of sp³-hybridized carbons (Fsp3) is 0.107. The molecule has 1 N–H and O–H groups in total. The highest BCUT2D eigenvalue weighted by atomic mass is 16.5. The number of nitrogens with one attached hydrogen (secondary N) is 1. The molecule has 0 unspecified atom stereocenters. The van der Waals surface area contributed by atoms with Gasteiger partial charge >= 0.3 is 0 Å². The number of aryl methyl sites for hydroxylation is 1. The van der Waals surface area contributed by atoms with Crippen molar-refractivity contribution >= 4 is 16.8 Å². The molecule has 7 heteroatoms. The van der Waals surface area contributed by atoms with E-state index in [1.165, 1.54) is 0 Å². The van der Waals surface area contributed by atoms with Crippen LogP contribution in [0.2, 0.25) is 0 Å². The lowest BCUT2D eigenvalue weighted by atomic mass is 10.0. The average Bonchev–Trinajstić information content (AvgIpc) is 2.89. The number of fused-ring (bicyclic) bond motifs is 1. The Morgan fingerprint density at radius 1 is 0.914 bits per heavy atom. The summed E-state index contributed by atoms with van der Waals surface area (Å²) >= 11 is 0. The van der Waals surface area contributed by atoms with Gasteiger partial charge in [0, 0.05) is 59.1 Å². The number of hydrogen-bond donors (Lipinski definition) is 1. The molecule has 5 rings (SSSR count). The number of carbonyl (C=O) groups is 1. The maximum Gasteiger partial charge on any atom is 0.251 e. The van der Waals surface area contributed by atoms with Crippen molar-refractivity contribution in [1.29, 1.82) is 0 Å². The van der Waals surface area contributed by atoms with Crippen LogP contribution in [-0.4, -0.2) is 25.8 Å². The van der Waals surface area contributed by atoms with Gasteiger partial charge < -0.3 is 10.1 Å². The van der Waals surface area contributed by atoms with Crippen molar-refractivity contribution in [2.45, 2.75) is 20.4 Å². The van der Waals surface area contributed by atoms with Gasteiger partial charge in [0.2, 0.25) is 0 Å². The smallest absolute Gasteiger partial charge is 0.251 e. The van der Waals surface area contributed by atoms with E-state index in [-0.39, 0.29) is 5.91 Å². The van der Waals surface area contributed by atoms with E-state index in [4.69, 9.17) is 4.74 Å². The molecule has 3 aromatic heterocycles. The van der Waals surface area contributed by atoms with Gasteiger partial charge in [-0.2, -0.15) is 0 Å².